The van der Waals surface area contributed by atoms with Gasteiger partial charge < -0.3 is 25.8 Å². The molecule has 150 valence electrons. The number of hydrogen-bond acceptors (Lipinski definition) is 9. The molecule has 0 amide bonds. The molecule has 3 aromatic rings. The number of aliphatic hydroxyl groups excluding tert-OH is 3. The molecule has 1 unspecified atom stereocenters. The van der Waals surface area contributed by atoms with Crippen molar-refractivity contribution in [3.8, 4) is 0 Å². The lowest BCUT2D eigenvalue weighted by atomic mass is 9.87. The van der Waals surface area contributed by atoms with Gasteiger partial charge in [0.25, 0.3) is 0 Å². The number of nitrogen functional groups attached to an aromatic ring is 1. The van der Waals surface area contributed by atoms with Crippen LogP contribution in [-0.2, 0) is 16.9 Å². The van der Waals surface area contributed by atoms with E-state index in [1.165, 1.54) is 24.0 Å². The Balaban J connectivity index is 1.87. The Bertz CT molecular complexity index is 997. The minimum Gasteiger partial charge on any atom is -0.394 e. The summed E-state index contributed by atoms with van der Waals surface area (Å²) in [5.41, 5.74) is 5.19. The summed E-state index contributed by atoms with van der Waals surface area (Å²) in [5, 5.41) is 33.7. The van der Waals surface area contributed by atoms with Gasteiger partial charge in [-0.25, -0.2) is 15.0 Å². The first-order valence-corrected chi connectivity index (χ1v) is 9.96. The normalized spacial score (nSPS) is 28.8. The van der Waals surface area contributed by atoms with Crippen molar-refractivity contribution in [2.45, 2.75) is 37.4 Å². The molecule has 0 spiro atoms. The van der Waals surface area contributed by atoms with Crippen LogP contribution in [0.5, 0.6) is 0 Å². The van der Waals surface area contributed by atoms with Crippen LogP contribution in [-0.4, -0.2) is 59.8 Å². The number of ether oxygens (including phenoxy) is 1. The van der Waals surface area contributed by atoms with Gasteiger partial charge in [-0.05, 0) is 17.9 Å². The van der Waals surface area contributed by atoms with Gasteiger partial charge in [0.2, 0.25) is 0 Å². The highest BCUT2D eigenvalue weighted by atomic mass is 35.5. The fraction of sp³-hybridized carbons (Fsp3) is 0.471. The molecule has 0 aromatic carbocycles. The second-order valence-electron chi connectivity index (χ2n) is 6.87. The molecule has 4 heterocycles. The molecule has 1 aliphatic rings. The Labute approximate surface area is 169 Å². The van der Waals surface area contributed by atoms with Crippen LogP contribution >= 0.6 is 22.9 Å². The number of imidazole rings is 1. The molecule has 9 nitrogen and oxygen atoms in total. The number of rotatable bonds is 5. The second kappa shape index (κ2) is 7.21. The highest BCUT2D eigenvalue weighted by Gasteiger charge is 2.58. The molecular formula is C17H20ClN5O4S. The first-order valence-electron chi connectivity index (χ1n) is 8.70. The van der Waals surface area contributed by atoms with Crippen molar-refractivity contribution in [1.29, 1.82) is 0 Å². The first kappa shape index (κ1) is 19.5. The van der Waals surface area contributed by atoms with Gasteiger partial charge >= 0.3 is 0 Å². The molecular weight excluding hydrogens is 406 g/mol. The van der Waals surface area contributed by atoms with E-state index >= 15 is 0 Å². The summed E-state index contributed by atoms with van der Waals surface area (Å²) in [7, 11) is 0. The zero-order valence-electron chi connectivity index (χ0n) is 14.9. The summed E-state index contributed by atoms with van der Waals surface area (Å²) >= 11 is 7.75. The van der Waals surface area contributed by atoms with Crippen LogP contribution < -0.4 is 5.73 Å². The number of halogens is 1. The number of fused-ring (bicyclic) bond motifs is 1. The van der Waals surface area contributed by atoms with Crippen LogP contribution in [0.25, 0.3) is 11.2 Å². The molecule has 0 bridgehead atoms. The molecule has 0 radical (unpaired) electrons. The predicted octanol–water partition coefficient (Wildman–Crippen LogP) is 0.768. The van der Waals surface area contributed by atoms with Crippen LogP contribution in [0.15, 0.2) is 24.1 Å². The van der Waals surface area contributed by atoms with E-state index in [0.717, 1.165) is 4.88 Å². The van der Waals surface area contributed by atoms with Crippen LogP contribution in [0.2, 0.25) is 5.02 Å². The zero-order chi connectivity index (χ0) is 20.1. The molecule has 5 N–H and O–H groups in total. The number of nitrogens with zero attached hydrogens (tertiary/aromatic N) is 4. The highest BCUT2D eigenvalue weighted by Crippen LogP contribution is 2.45. The minimum absolute atomic E-state index is 0.194. The van der Waals surface area contributed by atoms with Crippen LogP contribution in [0.1, 0.15) is 11.8 Å². The van der Waals surface area contributed by atoms with Gasteiger partial charge in [0.15, 0.2) is 17.2 Å². The first-order chi connectivity index (χ1) is 13.4. The van der Waals surface area contributed by atoms with E-state index in [4.69, 9.17) is 22.1 Å². The summed E-state index contributed by atoms with van der Waals surface area (Å²) in [6.07, 6.45) is -0.370. The lowest BCUT2D eigenvalue weighted by Crippen LogP contribution is -2.50. The highest BCUT2D eigenvalue weighted by molar-refractivity contribution is 7.10. The number of aliphatic hydroxyl groups is 3. The molecule has 4 rings (SSSR count). The Hall–Kier alpha value is -1.82. The van der Waals surface area contributed by atoms with Crippen molar-refractivity contribution in [1.82, 2.24) is 19.5 Å². The average molecular weight is 426 g/mol. The summed E-state index contributed by atoms with van der Waals surface area (Å²) in [4.78, 5) is 13.4. The molecule has 1 saturated heterocycles. The van der Waals surface area contributed by atoms with E-state index in [-0.39, 0.29) is 11.7 Å². The lowest BCUT2D eigenvalue weighted by molar-refractivity contribution is -0.177. The maximum absolute atomic E-state index is 11.0. The van der Waals surface area contributed by atoms with Crippen molar-refractivity contribution in [3.05, 3.63) is 34.0 Å². The lowest BCUT2D eigenvalue weighted by Gasteiger charge is -2.39. The smallest absolute Gasteiger partial charge is 0.179 e. The van der Waals surface area contributed by atoms with Crippen molar-refractivity contribution in [2.75, 3.05) is 12.3 Å². The Morgan fingerprint density at radius 3 is 2.82 bits per heavy atom. The van der Waals surface area contributed by atoms with E-state index in [0.29, 0.717) is 22.6 Å². The maximum atomic E-state index is 11.0. The number of thiophene rings is 1. The maximum Gasteiger partial charge on any atom is 0.179 e. The summed E-state index contributed by atoms with van der Waals surface area (Å²) in [5.74, 6) is -0.168. The number of nitrogens with two attached hydrogens (primary N) is 1. The van der Waals surface area contributed by atoms with E-state index in [1.54, 1.807) is 10.6 Å². The van der Waals surface area contributed by atoms with Gasteiger partial charge in [-0.15, -0.1) is 11.3 Å². The number of hydrogen-bond donors (Lipinski definition) is 4. The van der Waals surface area contributed by atoms with Crippen molar-refractivity contribution in [3.63, 3.8) is 0 Å². The van der Waals surface area contributed by atoms with E-state index in [2.05, 4.69) is 15.0 Å². The predicted molar refractivity (Wildman–Crippen MR) is 104 cm³/mol. The SMILES string of the molecule is CC(Cc1sccc1Cl)[C@@]1(n2cnc3c(N)ncnc32)O[C@H](CO)[C@@H](O)[C@H]1O. The van der Waals surface area contributed by atoms with Gasteiger partial charge in [0, 0.05) is 10.8 Å². The standard InChI is InChI=1S/C17H20ClN5O4S/c1-8(4-11-9(18)2-3-28-11)17(14(26)13(25)10(5-24)27-17)23-7-22-12-15(19)20-6-21-16(12)23/h2-3,6-8,10,13-14,24-26H,4-5H2,1H3,(H2,19,20,21)/t8?,10-,13-,14-,17-/m1/s1. The molecule has 1 fully saturated rings. The second-order valence-corrected chi connectivity index (χ2v) is 8.28. The summed E-state index contributed by atoms with van der Waals surface area (Å²) in [6, 6.07) is 1.80. The van der Waals surface area contributed by atoms with Gasteiger partial charge in [-0.3, -0.25) is 4.57 Å². The van der Waals surface area contributed by atoms with Crippen LogP contribution in [0.3, 0.4) is 0 Å². The van der Waals surface area contributed by atoms with Crippen LogP contribution in [0, 0.1) is 5.92 Å². The quantitative estimate of drug-likeness (QED) is 0.470. The fourth-order valence-corrected chi connectivity index (χ4v) is 5.07. The molecule has 28 heavy (non-hydrogen) atoms. The van der Waals surface area contributed by atoms with Gasteiger partial charge in [0.1, 0.15) is 30.2 Å². The zero-order valence-corrected chi connectivity index (χ0v) is 16.5. The van der Waals surface area contributed by atoms with Crippen molar-refractivity contribution < 1.29 is 20.1 Å². The van der Waals surface area contributed by atoms with E-state index in [1.807, 2.05) is 12.3 Å². The Morgan fingerprint density at radius 1 is 1.39 bits per heavy atom. The molecule has 5 atom stereocenters. The topological polar surface area (TPSA) is 140 Å². The van der Waals surface area contributed by atoms with E-state index < -0.39 is 30.6 Å². The third kappa shape index (κ3) is 2.79. The third-order valence-corrected chi connectivity index (χ3v) is 6.68. The monoisotopic (exact) mass is 425 g/mol. The number of anilines is 1. The Morgan fingerprint density at radius 2 is 2.18 bits per heavy atom. The molecule has 0 saturated carbocycles. The summed E-state index contributed by atoms with van der Waals surface area (Å²) < 4.78 is 7.66. The molecule has 11 heteroatoms. The Kier molecular flexibility index (Phi) is 5.02. The largest absolute Gasteiger partial charge is 0.394 e. The van der Waals surface area contributed by atoms with Crippen LogP contribution in [0.4, 0.5) is 5.82 Å². The van der Waals surface area contributed by atoms with Crippen molar-refractivity contribution >= 4 is 39.9 Å². The van der Waals surface area contributed by atoms with E-state index in [9.17, 15) is 15.3 Å². The van der Waals surface area contributed by atoms with Gasteiger partial charge in [-0.2, -0.15) is 0 Å². The molecule has 3 aromatic heterocycles. The molecule has 1 aliphatic heterocycles. The minimum atomic E-state index is -1.43. The van der Waals surface area contributed by atoms with Gasteiger partial charge in [-0.1, -0.05) is 18.5 Å². The molecule has 0 aliphatic carbocycles. The van der Waals surface area contributed by atoms with Crippen molar-refractivity contribution in [2.24, 2.45) is 5.92 Å². The number of aromatic nitrogens is 4. The third-order valence-electron chi connectivity index (χ3n) is 5.28. The average Bonchev–Trinajstić information content (AvgIpc) is 3.35. The fourth-order valence-electron chi connectivity index (χ4n) is 3.82. The summed E-state index contributed by atoms with van der Waals surface area (Å²) in [6.45, 7) is 1.43. The van der Waals surface area contributed by atoms with Gasteiger partial charge in [0.05, 0.1) is 18.0 Å².